The van der Waals surface area contributed by atoms with Gasteiger partial charge in [0.15, 0.2) is 0 Å². The highest BCUT2D eigenvalue weighted by atomic mass is 35.5. The first-order valence-corrected chi connectivity index (χ1v) is 2.28. The Balaban J connectivity index is 3.38. The van der Waals surface area contributed by atoms with Crippen LogP contribution in [-0.2, 0) is 0 Å². The van der Waals surface area contributed by atoms with Crippen molar-refractivity contribution < 1.29 is 10.2 Å². The molecule has 0 aliphatic heterocycles. The summed E-state index contributed by atoms with van der Waals surface area (Å²) in [7, 11) is 0. The Hall–Kier alpha value is -0.0500. The quantitative estimate of drug-likeness (QED) is 0.545. The molecule has 7 heavy (non-hydrogen) atoms. The predicted molar refractivity (Wildman–Crippen MR) is 28.1 cm³/mol. The van der Waals surface area contributed by atoms with E-state index in [0.29, 0.717) is 5.57 Å². The van der Waals surface area contributed by atoms with Gasteiger partial charge in [0, 0.05) is 5.54 Å². The van der Waals surface area contributed by atoms with E-state index in [0.717, 1.165) is 0 Å². The van der Waals surface area contributed by atoms with Crippen molar-refractivity contribution in [2.75, 3.05) is 13.2 Å². The van der Waals surface area contributed by atoms with Gasteiger partial charge >= 0.3 is 0 Å². The maximum absolute atomic E-state index is 8.21. The van der Waals surface area contributed by atoms with Crippen LogP contribution >= 0.6 is 11.6 Å². The second kappa shape index (κ2) is 4.12. The van der Waals surface area contributed by atoms with Crippen LogP contribution in [0.15, 0.2) is 11.1 Å². The molecule has 0 spiro atoms. The zero-order valence-electron chi connectivity index (χ0n) is 3.76. The van der Waals surface area contributed by atoms with E-state index in [1.54, 1.807) is 0 Å². The molecule has 0 amide bonds. The highest BCUT2D eigenvalue weighted by Crippen LogP contribution is 1.91. The van der Waals surface area contributed by atoms with Crippen molar-refractivity contribution in [2.24, 2.45) is 0 Å². The summed E-state index contributed by atoms with van der Waals surface area (Å²) in [6, 6.07) is 0. The lowest BCUT2D eigenvalue weighted by Gasteiger charge is -1.90. The van der Waals surface area contributed by atoms with Gasteiger partial charge in [-0.3, -0.25) is 0 Å². The average Bonchev–Trinajstić information content (AvgIpc) is 1.72. The molecule has 0 aromatic carbocycles. The second-order valence-corrected chi connectivity index (χ2v) is 1.30. The lowest BCUT2D eigenvalue weighted by Crippen LogP contribution is -1.93. The van der Waals surface area contributed by atoms with Crippen LogP contribution in [0.1, 0.15) is 0 Å². The molecule has 0 bridgehead atoms. The Kier molecular flexibility index (Phi) is 4.09. The maximum Gasteiger partial charge on any atom is 0.0675 e. The normalized spacial score (nSPS) is 8.43. The van der Waals surface area contributed by atoms with E-state index >= 15 is 0 Å². The van der Waals surface area contributed by atoms with Crippen molar-refractivity contribution in [2.45, 2.75) is 0 Å². The molecule has 0 atom stereocenters. The molecule has 42 valence electrons. The Labute approximate surface area is 47.0 Å². The van der Waals surface area contributed by atoms with Crippen LogP contribution in [0.25, 0.3) is 0 Å². The van der Waals surface area contributed by atoms with Crippen molar-refractivity contribution in [3.63, 3.8) is 0 Å². The van der Waals surface area contributed by atoms with Gasteiger partial charge in [-0.15, -0.1) is 0 Å². The van der Waals surface area contributed by atoms with Gasteiger partial charge in [-0.25, -0.2) is 0 Å². The smallest absolute Gasteiger partial charge is 0.0675 e. The zero-order valence-corrected chi connectivity index (χ0v) is 4.52. The number of hydrogen-bond donors (Lipinski definition) is 2. The Bertz CT molecular complexity index is 64.1. The molecule has 0 unspecified atom stereocenters. The molecule has 0 rings (SSSR count). The minimum atomic E-state index is -0.167. The molecule has 0 aromatic rings. The van der Waals surface area contributed by atoms with Crippen molar-refractivity contribution >= 4 is 11.6 Å². The molecule has 0 aromatic heterocycles. The van der Waals surface area contributed by atoms with Gasteiger partial charge in [0.1, 0.15) is 0 Å². The van der Waals surface area contributed by atoms with Crippen LogP contribution in [0.4, 0.5) is 0 Å². The van der Waals surface area contributed by atoms with Crippen molar-refractivity contribution in [1.29, 1.82) is 0 Å². The molecule has 3 heteroatoms. The number of rotatable bonds is 2. The lowest BCUT2D eigenvalue weighted by atomic mass is 10.4. The SMILES string of the molecule is OCC(=CCl)CO. The molecule has 0 heterocycles. The topological polar surface area (TPSA) is 40.5 Å². The maximum atomic E-state index is 8.21. The minimum Gasteiger partial charge on any atom is -0.392 e. The summed E-state index contributed by atoms with van der Waals surface area (Å²) in [6.45, 7) is -0.333. The molecular weight excluding hydrogens is 115 g/mol. The summed E-state index contributed by atoms with van der Waals surface area (Å²) in [5, 5.41) is 16.4. The van der Waals surface area contributed by atoms with E-state index in [4.69, 9.17) is 21.8 Å². The van der Waals surface area contributed by atoms with E-state index < -0.39 is 0 Å². The largest absolute Gasteiger partial charge is 0.392 e. The Morgan fingerprint density at radius 3 is 1.86 bits per heavy atom. The van der Waals surface area contributed by atoms with Gasteiger partial charge in [-0.05, 0) is 5.57 Å². The summed E-state index contributed by atoms with van der Waals surface area (Å²) in [4.78, 5) is 0. The fourth-order valence-corrected chi connectivity index (χ4v) is 0.257. The highest BCUT2D eigenvalue weighted by molar-refractivity contribution is 6.25. The van der Waals surface area contributed by atoms with Crippen LogP contribution in [0.2, 0.25) is 0 Å². The van der Waals surface area contributed by atoms with Gasteiger partial charge in [-0.1, -0.05) is 11.6 Å². The average molecular weight is 123 g/mol. The van der Waals surface area contributed by atoms with Crippen LogP contribution in [0, 0.1) is 0 Å². The first-order valence-electron chi connectivity index (χ1n) is 1.85. The number of hydrogen-bond acceptors (Lipinski definition) is 2. The van der Waals surface area contributed by atoms with Crippen LogP contribution in [0.3, 0.4) is 0 Å². The Morgan fingerprint density at radius 2 is 1.86 bits per heavy atom. The predicted octanol–water partition coefficient (Wildman–Crippen LogP) is 0.0937. The van der Waals surface area contributed by atoms with Gasteiger partial charge < -0.3 is 10.2 Å². The molecule has 2 N–H and O–H groups in total. The summed E-state index contributed by atoms with van der Waals surface area (Å²) in [5.74, 6) is 0. The Morgan fingerprint density at radius 1 is 1.43 bits per heavy atom. The van der Waals surface area contributed by atoms with Gasteiger partial charge in [-0.2, -0.15) is 0 Å². The first-order chi connectivity index (χ1) is 3.35. The third kappa shape index (κ3) is 2.62. The van der Waals surface area contributed by atoms with E-state index in [1.165, 1.54) is 5.54 Å². The molecule has 0 saturated heterocycles. The fourth-order valence-electron chi connectivity index (χ4n) is 0.119. The van der Waals surface area contributed by atoms with Crippen molar-refractivity contribution in [1.82, 2.24) is 0 Å². The summed E-state index contributed by atoms with van der Waals surface area (Å²) in [5.41, 5.74) is 1.60. The highest BCUT2D eigenvalue weighted by Gasteiger charge is 1.86. The van der Waals surface area contributed by atoms with Crippen molar-refractivity contribution in [3.05, 3.63) is 11.1 Å². The number of halogens is 1. The van der Waals surface area contributed by atoms with Crippen molar-refractivity contribution in [3.8, 4) is 0 Å². The van der Waals surface area contributed by atoms with Crippen LogP contribution < -0.4 is 0 Å². The molecule has 0 fully saturated rings. The standard InChI is InChI=1S/C4H7ClO2/c5-1-4(2-6)3-7/h1,6-7H,2-3H2. The molecule has 0 aliphatic rings. The fraction of sp³-hybridized carbons (Fsp3) is 0.500. The van der Waals surface area contributed by atoms with Gasteiger partial charge in [0.25, 0.3) is 0 Å². The minimum absolute atomic E-state index is 0.167. The first kappa shape index (κ1) is 6.95. The van der Waals surface area contributed by atoms with E-state index in [9.17, 15) is 0 Å². The van der Waals surface area contributed by atoms with Gasteiger partial charge in [0.05, 0.1) is 13.2 Å². The van der Waals surface area contributed by atoms with E-state index in [-0.39, 0.29) is 13.2 Å². The molecule has 2 nitrogen and oxygen atoms in total. The van der Waals surface area contributed by atoms with E-state index in [2.05, 4.69) is 0 Å². The summed E-state index contributed by atoms with van der Waals surface area (Å²) < 4.78 is 0. The molecule has 0 aliphatic carbocycles. The summed E-state index contributed by atoms with van der Waals surface area (Å²) in [6.07, 6.45) is 0. The second-order valence-electron chi connectivity index (χ2n) is 1.08. The molecule has 0 radical (unpaired) electrons. The third-order valence-corrected chi connectivity index (χ3v) is 0.869. The summed E-state index contributed by atoms with van der Waals surface area (Å²) >= 11 is 5.09. The van der Waals surface area contributed by atoms with Gasteiger partial charge in [0.2, 0.25) is 0 Å². The third-order valence-electron chi connectivity index (χ3n) is 0.560. The van der Waals surface area contributed by atoms with Crippen LogP contribution in [0.5, 0.6) is 0 Å². The molecular formula is C4H7ClO2. The monoisotopic (exact) mass is 122 g/mol. The zero-order chi connectivity index (χ0) is 5.70. The van der Waals surface area contributed by atoms with E-state index in [1.807, 2.05) is 0 Å². The number of aliphatic hydroxyl groups is 2. The number of aliphatic hydroxyl groups excluding tert-OH is 2. The van der Waals surface area contributed by atoms with Crippen LogP contribution in [-0.4, -0.2) is 23.4 Å². The lowest BCUT2D eigenvalue weighted by molar-refractivity contribution is 0.277. The molecule has 0 saturated carbocycles.